The maximum Gasteiger partial charge on any atom is 0.306 e. The van der Waals surface area contributed by atoms with Gasteiger partial charge >= 0.3 is 17.9 Å². The number of hydrogen-bond donors (Lipinski definition) is 0. The van der Waals surface area contributed by atoms with E-state index in [0.29, 0.717) is 19.3 Å². The molecule has 0 rings (SSSR count). The molecule has 0 aliphatic heterocycles. The Morgan fingerprint density at radius 1 is 0.263 bits per heavy atom. The fraction of sp³-hybridized carbons (Fsp3) is 0.581. The second-order valence-corrected chi connectivity index (χ2v) is 20.5. The normalized spacial score (nSPS) is 13.3. The number of rotatable bonds is 56. The molecule has 0 heterocycles. The zero-order valence-electron chi connectivity index (χ0n) is 51.3. The number of carbonyl (C=O) groups excluding carboxylic acids is 3. The SMILES string of the molecule is CC/C=C\C/C=C\C/C=C\C/C=C\C/C=C\C/C=C\C/C=C\CCCCCCCCCCCCCC(=O)OCC(COC(=O)CCCCCCC/C=C\CCC)OC(=O)CC/C=C\C/C=C\C/C=C\C/C=C\C/C=C\C/C=C\CC. The summed E-state index contributed by atoms with van der Waals surface area (Å²) in [4.78, 5) is 38.2. The van der Waals surface area contributed by atoms with Crippen molar-refractivity contribution in [1.29, 1.82) is 0 Å². The molecule has 0 aliphatic rings. The highest BCUT2D eigenvalue weighted by molar-refractivity contribution is 5.71. The van der Waals surface area contributed by atoms with Crippen LogP contribution in [0.1, 0.15) is 258 Å². The van der Waals surface area contributed by atoms with Crippen molar-refractivity contribution in [1.82, 2.24) is 0 Å². The molecular formula is C74H116O6. The molecule has 0 N–H and O–H groups in total. The molecule has 0 aromatic rings. The van der Waals surface area contributed by atoms with Crippen LogP contribution in [-0.2, 0) is 28.6 Å². The summed E-state index contributed by atoms with van der Waals surface area (Å²) in [7, 11) is 0. The maximum absolute atomic E-state index is 12.8. The fourth-order valence-electron chi connectivity index (χ4n) is 8.22. The lowest BCUT2D eigenvalue weighted by atomic mass is 10.0. The van der Waals surface area contributed by atoms with Crippen molar-refractivity contribution >= 4 is 17.9 Å². The molecule has 80 heavy (non-hydrogen) atoms. The average molecular weight is 1100 g/mol. The Balaban J connectivity index is 4.30. The molecule has 6 heteroatoms. The van der Waals surface area contributed by atoms with Crippen molar-refractivity contribution in [3.8, 4) is 0 Å². The van der Waals surface area contributed by atoms with Crippen LogP contribution in [0.25, 0.3) is 0 Å². The number of unbranched alkanes of at least 4 members (excludes halogenated alkanes) is 17. The van der Waals surface area contributed by atoms with Gasteiger partial charge in [0, 0.05) is 19.3 Å². The van der Waals surface area contributed by atoms with E-state index in [9.17, 15) is 14.4 Å². The highest BCUT2D eigenvalue weighted by Gasteiger charge is 2.19. The Morgan fingerprint density at radius 3 is 0.825 bits per heavy atom. The van der Waals surface area contributed by atoms with Crippen molar-refractivity contribution in [2.75, 3.05) is 13.2 Å². The van der Waals surface area contributed by atoms with Crippen molar-refractivity contribution in [3.05, 3.63) is 170 Å². The second-order valence-electron chi connectivity index (χ2n) is 20.5. The van der Waals surface area contributed by atoms with Gasteiger partial charge in [-0.3, -0.25) is 14.4 Å². The standard InChI is InChI=1S/C74H116O6/c1-4-7-10-13-16-19-22-24-26-28-30-31-32-33-34-35-36-37-38-39-40-41-42-43-45-46-48-50-52-55-58-61-64-67-73(76)79-70-71(69-78-72(75)66-63-60-57-54-21-18-15-12-9-6-3)80-74(77)68-65-62-59-56-53-51-49-47-44-29-27-25-23-20-17-14-11-8-5-2/h7-8,10-12,15-17,19-20,24-27,30-31,33-34,36-37,39-40,44,47,51,53,59,62,71H,4-6,9,13-14,18,21-23,28-29,32,35,38,41-43,45-46,48-50,52,54-58,60-61,63-70H2,1-3H3/b10-7-,11-8-,15-12-,19-16-,20-17-,26-24-,27-25-,31-30-,34-33-,37-36-,40-39-,47-44-,53-51-,62-59-. The zero-order chi connectivity index (χ0) is 57.8. The number of esters is 3. The first-order valence-corrected chi connectivity index (χ1v) is 32.1. The van der Waals surface area contributed by atoms with Crippen LogP contribution in [0.4, 0.5) is 0 Å². The second kappa shape index (κ2) is 66.3. The molecule has 0 saturated carbocycles. The summed E-state index contributed by atoms with van der Waals surface area (Å²) in [5.74, 6) is -1.02. The van der Waals surface area contributed by atoms with Gasteiger partial charge in [-0.25, -0.2) is 0 Å². The predicted octanol–water partition coefficient (Wildman–Crippen LogP) is 22.3. The molecule has 0 aromatic heterocycles. The van der Waals surface area contributed by atoms with Crippen LogP contribution in [0.15, 0.2) is 170 Å². The lowest BCUT2D eigenvalue weighted by molar-refractivity contribution is -0.166. The monoisotopic (exact) mass is 1100 g/mol. The quantitative estimate of drug-likeness (QED) is 0.0261. The van der Waals surface area contributed by atoms with E-state index in [2.05, 4.69) is 179 Å². The Morgan fingerprint density at radius 2 is 0.512 bits per heavy atom. The summed E-state index contributed by atoms with van der Waals surface area (Å²) in [6.45, 7) is 6.27. The van der Waals surface area contributed by atoms with Gasteiger partial charge in [0.05, 0.1) is 0 Å². The molecule has 0 radical (unpaired) electrons. The van der Waals surface area contributed by atoms with Gasteiger partial charge in [-0.05, 0) is 135 Å². The summed E-state index contributed by atoms with van der Waals surface area (Å²) >= 11 is 0. The van der Waals surface area contributed by atoms with Gasteiger partial charge in [-0.15, -0.1) is 0 Å². The van der Waals surface area contributed by atoms with Gasteiger partial charge in [0.25, 0.3) is 0 Å². The minimum Gasteiger partial charge on any atom is -0.462 e. The Hall–Kier alpha value is -5.23. The highest BCUT2D eigenvalue weighted by atomic mass is 16.6. The predicted molar refractivity (Wildman–Crippen MR) is 348 cm³/mol. The minimum absolute atomic E-state index is 0.119. The first-order valence-electron chi connectivity index (χ1n) is 32.1. The van der Waals surface area contributed by atoms with Gasteiger partial charge in [0.2, 0.25) is 0 Å². The van der Waals surface area contributed by atoms with E-state index in [4.69, 9.17) is 14.2 Å². The van der Waals surface area contributed by atoms with Crippen molar-refractivity contribution < 1.29 is 28.6 Å². The Labute approximate surface area is 492 Å². The highest BCUT2D eigenvalue weighted by Crippen LogP contribution is 2.14. The molecule has 448 valence electrons. The molecule has 0 aromatic carbocycles. The van der Waals surface area contributed by atoms with Crippen molar-refractivity contribution in [2.45, 2.75) is 264 Å². The van der Waals surface area contributed by atoms with Crippen molar-refractivity contribution in [2.24, 2.45) is 0 Å². The van der Waals surface area contributed by atoms with E-state index in [0.717, 1.165) is 141 Å². The van der Waals surface area contributed by atoms with Crippen LogP contribution in [0.5, 0.6) is 0 Å². The Bertz CT molecular complexity index is 1840. The summed E-state index contributed by atoms with van der Waals surface area (Å²) in [5, 5.41) is 0. The summed E-state index contributed by atoms with van der Waals surface area (Å²) in [5.41, 5.74) is 0. The molecule has 0 saturated heterocycles. The number of carbonyl (C=O) groups is 3. The van der Waals surface area contributed by atoms with Gasteiger partial charge in [0.1, 0.15) is 13.2 Å². The lowest BCUT2D eigenvalue weighted by Crippen LogP contribution is -2.30. The minimum atomic E-state index is -0.831. The number of allylic oxidation sites excluding steroid dienone is 28. The Kier molecular flexibility index (Phi) is 61.9. The van der Waals surface area contributed by atoms with Gasteiger partial charge in [-0.2, -0.15) is 0 Å². The van der Waals surface area contributed by atoms with Crippen LogP contribution < -0.4 is 0 Å². The largest absolute Gasteiger partial charge is 0.462 e. The molecule has 0 spiro atoms. The van der Waals surface area contributed by atoms with E-state index in [-0.39, 0.29) is 31.6 Å². The van der Waals surface area contributed by atoms with E-state index in [1.54, 1.807) is 0 Å². The summed E-state index contributed by atoms with van der Waals surface area (Å²) < 4.78 is 16.8. The fourth-order valence-corrected chi connectivity index (χ4v) is 8.22. The molecular weight excluding hydrogens is 985 g/mol. The molecule has 1 atom stereocenters. The van der Waals surface area contributed by atoms with Crippen LogP contribution in [0.3, 0.4) is 0 Å². The number of hydrogen-bond acceptors (Lipinski definition) is 6. The third kappa shape index (κ3) is 63.6. The van der Waals surface area contributed by atoms with Crippen LogP contribution in [0, 0.1) is 0 Å². The molecule has 0 bridgehead atoms. The van der Waals surface area contributed by atoms with E-state index in [1.807, 2.05) is 12.2 Å². The topological polar surface area (TPSA) is 78.9 Å². The maximum atomic E-state index is 12.8. The molecule has 6 nitrogen and oxygen atoms in total. The molecule has 0 fully saturated rings. The third-order valence-corrected chi connectivity index (χ3v) is 12.9. The third-order valence-electron chi connectivity index (χ3n) is 12.9. The van der Waals surface area contributed by atoms with Crippen LogP contribution in [-0.4, -0.2) is 37.2 Å². The van der Waals surface area contributed by atoms with Gasteiger partial charge in [-0.1, -0.05) is 274 Å². The summed E-state index contributed by atoms with van der Waals surface area (Å²) in [6.07, 6.45) is 98.2. The number of ether oxygens (including phenoxy) is 3. The molecule has 1 unspecified atom stereocenters. The van der Waals surface area contributed by atoms with Crippen LogP contribution in [0.2, 0.25) is 0 Å². The molecule has 0 amide bonds. The lowest BCUT2D eigenvalue weighted by Gasteiger charge is -2.18. The van der Waals surface area contributed by atoms with E-state index >= 15 is 0 Å². The first-order chi connectivity index (χ1) is 39.5. The van der Waals surface area contributed by atoms with Gasteiger partial charge < -0.3 is 14.2 Å². The smallest absolute Gasteiger partial charge is 0.306 e. The first kappa shape index (κ1) is 74.8. The van der Waals surface area contributed by atoms with E-state index < -0.39 is 12.1 Å². The zero-order valence-corrected chi connectivity index (χ0v) is 51.3. The van der Waals surface area contributed by atoms with E-state index in [1.165, 1.54) is 70.6 Å². The van der Waals surface area contributed by atoms with Gasteiger partial charge in [0.15, 0.2) is 6.10 Å². The average Bonchev–Trinajstić information content (AvgIpc) is 3.46. The van der Waals surface area contributed by atoms with Crippen molar-refractivity contribution in [3.63, 3.8) is 0 Å². The van der Waals surface area contributed by atoms with Crippen LogP contribution >= 0.6 is 0 Å². The summed E-state index contributed by atoms with van der Waals surface area (Å²) in [6, 6.07) is 0. The molecule has 0 aliphatic carbocycles.